The van der Waals surface area contributed by atoms with Gasteiger partial charge in [0.1, 0.15) is 6.04 Å². The Balaban J connectivity index is 0.00000162. The molecule has 1 amide bonds. The molecule has 100 valence electrons. The van der Waals surface area contributed by atoms with Crippen molar-refractivity contribution in [3.63, 3.8) is 0 Å². The van der Waals surface area contributed by atoms with Gasteiger partial charge in [0, 0.05) is 25.3 Å². The lowest BCUT2D eigenvalue weighted by Crippen LogP contribution is -2.46. The van der Waals surface area contributed by atoms with Crippen LogP contribution in [0.25, 0.3) is 0 Å². The third-order valence-corrected chi connectivity index (χ3v) is 3.24. The monoisotopic (exact) mass is 269 g/mol. The molecule has 1 aromatic rings. The second kappa shape index (κ2) is 6.61. The van der Waals surface area contributed by atoms with Crippen LogP contribution in [-0.2, 0) is 11.3 Å². The molecule has 0 saturated heterocycles. The van der Waals surface area contributed by atoms with Crippen LogP contribution in [0.1, 0.15) is 18.9 Å². The van der Waals surface area contributed by atoms with Crippen LogP contribution in [0.5, 0.6) is 0 Å². The summed E-state index contributed by atoms with van der Waals surface area (Å²) in [4.78, 5) is 13.6. The Morgan fingerprint density at radius 2 is 2.22 bits per heavy atom. The standard InChI is InChI=1S/C13H19N3O.ClH/c1-2-11(13(14)17)16-8-7-15-9-10-5-3-4-6-12(10)16;/h3-6,11,15H,2,7-9H2,1H3,(H2,14,17);1H. The van der Waals surface area contributed by atoms with Crippen molar-refractivity contribution in [1.29, 1.82) is 0 Å². The van der Waals surface area contributed by atoms with Crippen molar-refractivity contribution in [2.45, 2.75) is 25.9 Å². The molecule has 5 heteroatoms. The van der Waals surface area contributed by atoms with Crippen molar-refractivity contribution < 1.29 is 4.79 Å². The van der Waals surface area contributed by atoms with Gasteiger partial charge in [-0.3, -0.25) is 4.79 Å². The predicted molar refractivity (Wildman–Crippen MR) is 76.0 cm³/mol. The number of hydrogen-bond donors (Lipinski definition) is 2. The van der Waals surface area contributed by atoms with Crippen molar-refractivity contribution in [3.05, 3.63) is 29.8 Å². The molecule has 3 N–H and O–H groups in total. The molecule has 0 aromatic heterocycles. The lowest BCUT2D eigenvalue weighted by molar-refractivity contribution is -0.119. The van der Waals surface area contributed by atoms with Gasteiger partial charge in [-0.2, -0.15) is 0 Å². The molecule has 1 aromatic carbocycles. The first-order valence-corrected chi connectivity index (χ1v) is 6.08. The molecule has 0 radical (unpaired) electrons. The Morgan fingerprint density at radius 1 is 1.50 bits per heavy atom. The van der Waals surface area contributed by atoms with E-state index >= 15 is 0 Å². The molecule has 1 atom stereocenters. The van der Waals surface area contributed by atoms with E-state index in [1.54, 1.807) is 0 Å². The zero-order valence-corrected chi connectivity index (χ0v) is 11.4. The fraction of sp³-hybridized carbons (Fsp3) is 0.462. The van der Waals surface area contributed by atoms with Gasteiger partial charge in [-0.25, -0.2) is 0 Å². The van der Waals surface area contributed by atoms with Crippen molar-refractivity contribution in [1.82, 2.24) is 5.32 Å². The maximum atomic E-state index is 11.5. The van der Waals surface area contributed by atoms with E-state index in [1.165, 1.54) is 5.56 Å². The van der Waals surface area contributed by atoms with Crippen LogP contribution < -0.4 is 16.0 Å². The van der Waals surface area contributed by atoms with Gasteiger partial charge in [-0.1, -0.05) is 25.1 Å². The number of halogens is 1. The van der Waals surface area contributed by atoms with Crippen LogP contribution in [0.3, 0.4) is 0 Å². The lowest BCUT2D eigenvalue weighted by Gasteiger charge is -2.30. The summed E-state index contributed by atoms with van der Waals surface area (Å²) in [7, 11) is 0. The Kier molecular flexibility index (Phi) is 5.44. The molecule has 2 rings (SSSR count). The third kappa shape index (κ3) is 2.94. The highest BCUT2D eigenvalue weighted by molar-refractivity contribution is 5.85. The molecule has 4 nitrogen and oxygen atoms in total. The van der Waals surface area contributed by atoms with Crippen LogP contribution >= 0.6 is 12.4 Å². The second-order valence-electron chi connectivity index (χ2n) is 4.33. The first-order chi connectivity index (χ1) is 8.24. The quantitative estimate of drug-likeness (QED) is 0.869. The van der Waals surface area contributed by atoms with Gasteiger partial charge in [0.2, 0.25) is 5.91 Å². The second-order valence-corrected chi connectivity index (χ2v) is 4.33. The van der Waals surface area contributed by atoms with Gasteiger partial charge < -0.3 is 16.0 Å². The summed E-state index contributed by atoms with van der Waals surface area (Å²) >= 11 is 0. The van der Waals surface area contributed by atoms with E-state index in [2.05, 4.69) is 22.3 Å². The van der Waals surface area contributed by atoms with Crippen LogP contribution in [-0.4, -0.2) is 25.0 Å². The number of nitrogens with zero attached hydrogens (tertiary/aromatic N) is 1. The average molecular weight is 270 g/mol. The summed E-state index contributed by atoms with van der Waals surface area (Å²) in [6, 6.07) is 7.97. The summed E-state index contributed by atoms with van der Waals surface area (Å²) in [5.74, 6) is -0.246. The number of anilines is 1. The van der Waals surface area contributed by atoms with Gasteiger partial charge >= 0.3 is 0 Å². The Bertz CT molecular complexity index is 411. The Labute approximate surface area is 114 Å². The zero-order valence-electron chi connectivity index (χ0n) is 10.6. The number of carbonyl (C=O) groups excluding carboxylic acids is 1. The topological polar surface area (TPSA) is 58.4 Å². The molecule has 0 saturated carbocycles. The number of rotatable bonds is 3. The minimum absolute atomic E-state index is 0. The first kappa shape index (κ1) is 14.8. The first-order valence-electron chi connectivity index (χ1n) is 6.08. The van der Waals surface area contributed by atoms with Gasteiger partial charge in [0.15, 0.2) is 0 Å². The predicted octanol–water partition coefficient (Wildman–Crippen LogP) is 1.28. The minimum Gasteiger partial charge on any atom is -0.368 e. The van der Waals surface area contributed by atoms with Crippen LogP contribution in [0, 0.1) is 0 Å². The van der Waals surface area contributed by atoms with E-state index in [4.69, 9.17) is 5.73 Å². The van der Waals surface area contributed by atoms with E-state index in [-0.39, 0.29) is 24.4 Å². The van der Waals surface area contributed by atoms with Crippen LogP contribution in [0.15, 0.2) is 24.3 Å². The molecular weight excluding hydrogens is 250 g/mol. The van der Waals surface area contributed by atoms with Crippen molar-refractivity contribution in [2.75, 3.05) is 18.0 Å². The van der Waals surface area contributed by atoms with Crippen molar-refractivity contribution in [3.8, 4) is 0 Å². The molecule has 18 heavy (non-hydrogen) atoms. The molecule has 1 aliphatic rings. The molecule has 1 heterocycles. The summed E-state index contributed by atoms with van der Waals surface area (Å²) in [6.07, 6.45) is 0.740. The smallest absolute Gasteiger partial charge is 0.240 e. The van der Waals surface area contributed by atoms with Crippen LogP contribution in [0.2, 0.25) is 0 Å². The summed E-state index contributed by atoms with van der Waals surface area (Å²) in [6.45, 7) is 4.54. The van der Waals surface area contributed by atoms with Gasteiger partial charge in [0.05, 0.1) is 0 Å². The number of amides is 1. The highest BCUT2D eigenvalue weighted by atomic mass is 35.5. The summed E-state index contributed by atoms with van der Waals surface area (Å²) < 4.78 is 0. The van der Waals surface area contributed by atoms with Crippen molar-refractivity contribution in [2.24, 2.45) is 5.73 Å². The number of para-hydroxylation sites is 1. The van der Waals surface area contributed by atoms with E-state index in [1.807, 2.05) is 19.1 Å². The van der Waals surface area contributed by atoms with E-state index in [0.717, 1.165) is 31.7 Å². The molecule has 0 spiro atoms. The SMILES string of the molecule is CCC(C(N)=O)N1CCNCc2ccccc21.Cl. The lowest BCUT2D eigenvalue weighted by atomic mass is 10.1. The van der Waals surface area contributed by atoms with Gasteiger partial charge in [-0.05, 0) is 18.1 Å². The molecule has 1 aliphatic heterocycles. The van der Waals surface area contributed by atoms with E-state index < -0.39 is 0 Å². The summed E-state index contributed by atoms with van der Waals surface area (Å²) in [5.41, 5.74) is 7.84. The Hall–Kier alpha value is -1.26. The summed E-state index contributed by atoms with van der Waals surface area (Å²) in [5, 5.41) is 3.36. The molecule has 1 unspecified atom stereocenters. The maximum Gasteiger partial charge on any atom is 0.240 e. The van der Waals surface area contributed by atoms with Gasteiger partial charge in [-0.15, -0.1) is 12.4 Å². The van der Waals surface area contributed by atoms with E-state index in [9.17, 15) is 4.79 Å². The largest absolute Gasteiger partial charge is 0.368 e. The third-order valence-electron chi connectivity index (χ3n) is 3.24. The highest BCUT2D eigenvalue weighted by Crippen LogP contribution is 2.24. The number of primary amides is 1. The number of hydrogen-bond acceptors (Lipinski definition) is 3. The van der Waals surface area contributed by atoms with Gasteiger partial charge in [0.25, 0.3) is 0 Å². The number of carbonyl (C=O) groups is 1. The zero-order chi connectivity index (χ0) is 12.3. The average Bonchev–Trinajstić information content (AvgIpc) is 2.53. The van der Waals surface area contributed by atoms with Crippen LogP contribution in [0.4, 0.5) is 5.69 Å². The number of nitrogens with two attached hydrogens (primary N) is 1. The minimum atomic E-state index is -0.246. The molecule has 0 aliphatic carbocycles. The molecular formula is C13H20ClN3O. The number of benzene rings is 1. The van der Waals surface area contributed by atoms with Crippen molar-refractivity contribution >= 4 is 24.0 Å². The van der Waals surface area contributed by atoms with E-state index in [0.29, 0.717) is 0 Å². The number of nitrogens with one attached hydrogen (secondary N) is 1. The maximum absolute atomic E-state index is 11.5. The molecule has 0 bridgehead atoms. The number of fused-ring (bicyclic) bond motifs is 1. The normalized spacial score (nSPS) is 16.2. The fourth-order valence-corrected chi connectivity index (χ4v) is 2.38. The molecule has 0 fully saturated rings. The highest BCUT2D eigenvalue weighted by Gasteiger charge is 2.25. The fourth-order valence-electron chi connectivity index (χ4n) is 2.38. The Morgan fingerprint density at radius 3 is 2.89 bits per heavy atom.